The summed E-state index contributed by atoms with van der Waals surface area (Å²) in [6.07, 6.45) is -2.57. The van der Waals surface area contributed by atoms with Crippen LogP contribution in [-0.2, 0) is 32.2 Å². The molecule has 18 heteroatoms. The van der Waals surface area contributed by atoms with Crippen molar-refractivity contribution in [3.05, 3.63) is 95.6 Å². The molecule has 4 aromatic rings. The summed E-state index contributed by atoms with van der Waals surface area (Å²) in [5.41, 5.74) is 3.94. The molecule has 57 heavy (non-hydrogen) atoms. The van der Waals surface area contributed by atoms with Gasteiger partial charge >= 0.3 is 18.2 Å². The maximum Gasteiger partial charge on any atom is 0.414 e. The second-order valence-electron chi connectivity index (χ2n) is 13.4. The van der Waals surface area contributed by atoms with Crippen LogP contribution in [0, 0.1) is 11.6 Å². The molecule has 0 unspecified atom stereocenters. The number of cyclic esters (lactones) is 2. The minimum atomic E-state index is -0.746. The molecule has 2 saturated heterocycles. The Morgan fingerprint density at radius 2 is 1.14 bits per heavy atom. The van der Waals surface area contributed by atoms with Gasteiger partial charge in [-0.2, -0.15) is 0 Å². The standard InChI is InChI=1S/C39H39F2N7O9/c1-21(49)43-15-29-19-47(38(54)56-29)27-7-9-31(33(40)13-27)23-3-5-25(35(51)11-23)17-46(37(53)45-42)18-26-6-4-24(12-36(26)52)32-10-8-28(14-34(32)41)48-20-30(57-39(48)55)16-44-22(2)50/h3-14,29-30,51-52H,15-20,42H2,1-2H3,(H,43,49)(H,44,50)(H,45,53)/t29-,30-/m0/s1. The van der Waals surface area contributed by atoms with E-state index in [1.165, 1.54) is 77.1 Å². The normalized spacial score (nSPS) is 16.2. The predicted molar refractivity (Wildman–Crippen MR) is 202 cm³/mol. The van der Waals surface area contributed by atoms with Gasteiger partial charge in [-0.3, -0.25) is 24.8 Å². The summed E-state index contributed by atoms with van der Waals surface area (Å²) in [4.78, 5) is 63.8. The number of carbonyl (C=O) groups is 5. The summed E-state index contributed by atoms with van der Waals surface area (Å²) in [5, 5.41) is 27.1. The highest BCUT2D eigenvalue weighted by Crippen LogP contribution is 2.35. The number of halogens is 2. The molecule has 298 valence electrons. The number of ether oxygens (including phenoxy) is 2. The van der Waals surface area contributed by atoms with E-state index in [0.717, 1.165) is 12.1 Å². The summed E-state index contributed by atoms with van der Waals surface area (Å²) in [7, 11) is 0. The smallest absolute Gasteiger partial charge is 0.414 e. The lowest BCUT2D eigenvalue weighted by molar-refractivity contribution is -0.120. The SMILES string of the molecule is CC(=O)NC[C@H]1CN(c2ccc(-c3ccc(CN(Cc4ccc(-c5ccc(N6C[C@H](CNC(C)=O)OC6=O)cc5F)cc4O)C(=O)NN)c(O)c3)c(F)c2)C(=O)O1. The quantitative estimate of drug-likeness (QED) is 0.0683. The molecule has 6 rings (SSSR count). The van der Waals surface area contributed by atoms with Crippen LogP contribution in [0.3, 0.4) is 0 Å². The minimum absolute atomic E-state index is 0.110. The number of nitrogens with one attached hydrogen (secondary N) is 3. The van der Waals surface area contributed by atoms with Gasteiger partial charge in [0.2, 0.25) is 11.8 Å². The number of rotatable bonds is 12. The van der Waals surface area contributed by atoms with E-state index in [9.17, 15) is 34.2 Å². The number of phenols is 2. The molecule has 7 N–H and O–H groups in total. The van der Waals surface area contributed by atoms with Crippen molar-refractivity contribution in [3.8, 4) is 33.8 Å². The van der Waals surface area contributed by atoms with E-state index < -0.39 is 42.1 Å². The molecule has 0 aliphatic carbocycles. The predicted octanol–water partition coefficient (Wildman–Crippen LogP) is 4.22. The highest BCUT2D eigenvalue weighted by atomic mass is 19.1. The van der Waals surface area contributed by atoms with Gasteiger partial charge in [0.25, 0.3) is 0 Å². The van der Waals surface area contributed by atoms with Crippen molar-refractivity contribution in [1.29, 1.82) is 0 Å². The van der Waals surface area contributed by atoms with Gasteiger partial charge in [0.15, 0.2) is 0 Å². The highest BCUT2D eigenvalue weighted by Gasteiger charge is 2.34. The average molecular weight is 788 g/mol. The fourth-order valence-corrected chi connectivity index (χ4v) is 6.44. The summed E-state index contributed by atoms with van der Waals surface area (Å²) in [6, 6.07) is 16.3. The molecule has 2 atom stereocenters. The first-order chi connectivity index (χ1) is 27.2. The third-order valence-corrected chi connectivity index (χ3v) is 9.36. The third kappa shape index (κ3) is 9.13. The van der Waals surface area contributed by atoms with Crippen molar-refractivity contribution < 1.29 is 52.4 Å². The lowest BCUT2D eigenvalue weighted by Gasteiger charge is -2.23. The average Bonchev–Trinajstić information content (AvgIpc) is 3.74. The number of nitrogens with two attached hydrogens (primary N) is 1. The van der Waals surface area contributed by atoms with E-state index >= 15 is 8.78 Å². The fourth-order valence-electron chi connectivity index (χ4n) is 6.44. The van der Waals surface area contributed by atoms with Crippen LogP contribution < -0.4 is 31.7 Å². The molecule has 4 aromatic carbocycles. The number of nitrogens with zero attached hydrogens (tertiary/aromatic N) is 3. The molecule has 0 radical (unpaired) electrons. The van der Waals surface area contributed by atoms with Gasteiger partial charge in [-0.05, 0) is 59.7 Å². The van der Waals surface area contributed by atoms with Crippen LogP contribution in [-0.4, -0.2) is 83.5 Å². The van der Waals surface area contributed by atoms with Crippen molar-refractivity contribution >= 4 is 41.4 Å². The molecular formula is C39H39F2N7O9. The number of benzene rings is 4. The van der Waals surface area contributed by atoms with Gasteiger partial charge in [-0.1, -0.05) is 24.3 Å². The lowest BCUT2D eigenvalue weighted by Crippen LogP contribution is -2.42. The molecule has 0 aromatic heterocycles. The number of carbonyl (C=O) groups excluding carboxylic acids is 5. The number of hydrogen-bond acceptors (Lipinski definition) is 10. The van der Waals surface area contributed by atoms with Crippen LogP contribution >= 0.6 is 0 Å². The largest absolute Gasteiger partial charge is 0.508 e. The van der Waals surface area contributed by atoms with Gasteiger partial charge in [0.05, 0.1) is 50.6 Å². The lowest BCUT2D eigenvalue weighted by atomic mass is 10.0. The van der Waals surface area contributed by atoms with Gasteiger partial charge < -0.3 is 35.2 Å². The maximum absolute atomic E-state index is 15.4. The van der Waals surface area contributed by atoms with Crippen LogP contribution in [0.25, 0.3) is 22.3 Å². The molecule has 0 saturated carbocycles. The number of hydrazine groups is 1. The van der Waals surface area contributed by atoms with Crippen LogP contribution in [0.1, 0.15) is 25.0 Å². The number of phenolic OH excluding ortho intramolecular Hbond substituents is 2. The summed E-state index contributed by atoms with van der Waals surface area (Å²) < 4.78 is 41.3. The minimum Gasteiger partial charge on any atom is -0.508 e. The summed E-state index contributed by atoms with van der Waals surface area (Å²) >= 11 is 0. The van der Waals surface area contributed by atoms with Crippen molar-refractivity contribution in [2.75, 3.05) is 36.0 Å². The molecular weight excluding hydrogens is 748 g/mol. The number of amides is 6. The summed E-state index contributed by atoms with van der Waals surface area (Å²) in [6.45, 7) is 2.76. The third-order valence-electron chi connectivity index (χ3n) is 9.36. The van der Waals surface area contributed by atoms with Gasteiger partial charge in [0, 0.05) is 36.1 Å². The molecule has 6 amide bonds. The zero-order chi connectivity index (χ0) is 41.0. The van der Waals surface area contributed by atoms with E-state index in [1.807, 2.05) is 5.43 Å². The van der Waals surface area contributed by atoms with Gasteiger partial charge in [-0.15, -0.1) is 0 Å². The van der Waals surface area contributed by atoms with E-state index in [2.05, 4.69) is 10.6 Å². The Morgan fingerprint density at radius 3 is 1.49 bits per heavy atom. The number of hydrogen-bond donors (Lipinski definition) is 6. The van der Waals surface area contributed by atoms with E-state index in [0.29, 0.717) is 11.1 Å². The van der Waals surface area contributed by atoms with Gasteiger partial charge in [0.1, 0.15) is 35.3 Å². The molecule has 0 bridgehead atoms. The molecule has 0 spiro atoms. The van der Waals surface area contributed by atoms with Crippen LogP contribution in [0.5, 0.6) is 11.5 Å². The van der Waals surface area contributed by atoms with Crippen molar-refractivity contribution in [1.82, 2.24) is 21.0 Å². The number of anilines is 2. The Hall–Kier alpha value is -6.95. The summed E-state index contributed by atoms with van der Waals surface area (Å²) in [5.74, 6) is 3.00. The Labute approximate surface area is 324 Å². The van der Waals surface area contributed by atoms with Crippen molar-refractivity contribution in [2.45, 2.75) is 39.1 Å². The Balaban J connectivity index is 1.13. The first-order valence-electron chi connectivity index (χ1n) is 17.6. The fraction of sp³-hybridized carbons (Fsp3) is 0.256. The zero-order valence-corrected chi connectivity index (χ0v) is 30.8. The van der Waals surface area contributed by atoms with Gasteiger partial charge in [-0.25, -0.2) is 29.0 Å². The molecule has 16 nitrogen and oxygen atoms in total. The molecule has 2 aliphatic rings. The van der Waals surface area contributed by atoms with E-state index in [-0.39, 0.29) is 96.2 Å². The second kappa shape index (κ2) is 16.8. The second-order valence-corrected chi connectivity index (χ2v) is 13.4. The highest BCUT2D eigenvalue weighted by molar-refractivity contribution is 5.91. The molecule has 2 fully saturated rings. The first kappa shape index (κ1) is 39.7. The van der Waals surface area contributed by atoms with Crippen molar-refractivity contribution in [2.24, 2.45) is 5.84 Å². The molecule has 2 aliphatic heterocycles. The van der Waals surface area contributed by atoms with Crippen LogP contribution in [0.15, 0.2) is 72.8 Å². The van der Waals surface area contributed by atoms with Crippen LogP contribution in [0.2, 0.25) is 0 Å². The topological polar surface area (TPSA) is 216 Å². The first-order valence-corrected chi connectivity index (χ1v) is 17.6. The van der Waals surface area contributed by atoms with E-state index in [1.54, 1.807) is 12.1 Å². The number of aromatic hydroxyl groups is 2. The van der Waals surface area contributed by atoms with Crippen LogP contribution in [0.4, 0.5) is 34.5 Å². The monoisotopic (exact) mass is 787 g/mol. The Morgan fingerprint density at radius 1 is 0.719 bits per heavy atom. The van der Waals surface area contributed by atoms with Crippen molar-refractivity contribution in [3.63, 3.8) is 0 Å². The van der Waals surface area contributed by atoms with E-state index in [4.69, 9.17) is 15.3 Å². The zero-order valence-electron chi connectivity index (χ0n) is 30.8. The Kier molecular flexibility index (Phi) is 11.7. The number of urea groups is 1. The Bertz CT molecular complexity index is 2090. The maximum atomic E-state index is 15.4. The molecule has 2 heterocycles.